The molecule has 1 amide bonds. The second kappa shape index (κ2) is 6.94. The van der Waals surface area contributed by atoms with Crippen molar-refractivity contribution in [1.82, 2.24) is 4.98 Å². The van der Waals surface area contributed by atoms with Gasteiger partial charge in [-0.2, -0.15) is 0 Å². The molecular formula is C20H15ClN2O2S. The number of nitrogens with zero attached hydrogens (tertiary/aromatic N) is 1. The number of hydrogen-bond acceptors (Lipinski definition) is 4. The molecule has 0 fully saturated rings. The van der Waals surface area contributed by atoms with Crippen LogP contribution in [-0.2, 0) is 11.2 Å². The van der Waals surface area contributed by atoms with E-state index in [0.29, 0.717) is 21.4 Å². The van der Waals surface area contributed by atoms with Gasteiger partial charge in [0.15, 0.2) is 5.13 Å². The smallest absolute Gasteiger partial charge is 0.230 e. The topological polar surface area (TPSA) is 51.2 Å². The van der Waals surface area contributed by atoms with Crippen molar-refractivity contribution in [3.05, 3.63) is 65.2 Å². The van der Waals surface area contributed by atoms with Gasteiger partial charge in [0.1, 0.15) is 11.3 Å². The minimum atomic E-state index is -0.116. The highest BCUT2D eigenvalue weighted by molar-refractivity contribution is 7.23. The van der Waals surface area contributed by atoms with Crippen molar-refractivity contribution in [2.24, 2.45) is 0 Å². The van der Waals surface area contributed by atoms with Gasteiger partial charge in [-0.1, -0.05) is 65.4 Å². The van der Waals surface area contributed by atoms with Gasteiger partial charge in [-0.15, -0.1) is 0 Å². The molecule has 0 aliphatic heterocycles. The van der Waals surface area contributed by atoms with E-state index in [2.05, 4.69) is 16.4 Å². The van der Waals surface area contributed by atoms with E-state index in [1.807, 2.05) is 36.4 Å². The molecule has 0 spiro atoms. The van der Waals surface area contributed by atoms with Crippen molar-refractivity contribution in [2.45, 2.75) is 6.42 Å². The van der Waals surface area contributed by atoms with Crippen LogP contribution >= 0.6 is 22.9 Å². The summed E-state index contributed by atoms with van der Waals surface area (Å²) in [6.45, 7) is 0. The van der Waals surface area contributed by atoms with Crippen LogP contribution in [0.1, 0.15) is 5.56 Å². The molecule has 0 bridgehead atoms. The lowest BCUT2D eigenvalue weighted by atomic mass is 10.1. The van der Waals surface area contributed by atoms with E-state index in [-0.39, 0.29) is 12.3 Å². The molecule has 0 radical (unpaired) electrons. The zero-order valence-corrected chi connectivity index (χ0v) is 15.5. The van der Waals surface area contributed by atoms with Crippen LogP contribution in [0.25, 0.3) is 21.0 Å². The van der Waals surface area contributed by atoms with Crippen LogP contribution in [0.5, 0.6) is 5.75 Å². The Hall–Kier alpha value is -2.63. The van der Waals surface area contributed by atoms with Crippen LogP contribution < -0.4 is 10.1 Å². The van der Waals surface area contributed by atoms with Gasteiger partial charge in [-0.05, 0) is 28.5 Å². The van der Waals surface area contributed by atoms with E-state index in [1.165, 1.54) is 11.3 Å². The average Bonchev–Trinajstić information content (AvgIpc) is 3.06. The van der Waals surface area contributed by atoms with Gasteiger partial charge in [-0.3, -0.25) is 4.79 Å². The number of ether oxygens (including phenoxy) is 1. The summed E-state index contributed by atoms with van der Waals surface area (Å²) < 4.78 is 6.11. The highest BCUT2D eigenvalue weighted by Crippen LogP contribution is 2.37. The highest BCUT2D eigenvalue weighted by Gasteiger charge is 2.14. The molecule has 0 aliphatic rings. The van der Waals surface area contributed by atoms with Gasteiger partial charge >= 0.3 is 0 Å². The van der Waals surface area contributed by atoms with E-state index in [1.54, 1.807) is 19.2 Å². The van der Waals surface area contributed by atoms with Gasteiger partial charge in [0.2, 0.25) is 5.91 Å². The Morgan fingerprint density at radius 1 is 1.15 bits per heavy atom. The number of carbonyl (C=O) groups is 1. The van der Waals surface area contributed by atoms with Crippen molar-refractivity contribution < 1.29 is 9.53 Å². The third kappa shape index (κ3) is 3.23. The van der Waals surface area contributed by atoms with Crippen LogP contribution in [0.15, 0.2) is 54.6 Å². The second-order valence-corrected chi connectivity index (χ2v) is 7.26. The van der Waals surface area contributed by atoms with Gasteiger partial charge in [-0.25, -0.2) is 4.98 Å². The molecule has 0 atom stereocenters. The summed E-state index contributed by atoms with van der Waals surface area (Å²) in [5.41, 5.74) is 1.61. The molecule has 130 valence electrons. The molecule has 4 aromatic rings. The van der Waals surface area contributed by atoms with Gasteiger partial charge < -0.3 is 10.1 Å². The summed E-state index contributed by atoms with van der Waals surface area (Å²) in [5, 5.41) is 6.24. The SMILES string of the molecule is COc1ccc(Cl)c2sc(NC(=O)Cc3ccc4ccccc4c3)nc12. The summed E-state index contributed by atoms with van der Waals surface area (Å²) in [6.07, 6.45) is 0.283. The highest BCUT2D eigenvalue weighted by atomic mass is 35.5. The van der Waals surface area contributed by atoms with E-state index in [4.69, 9.17) is 16.3 Å². The maximum atomic E-state index is 12.4. The summed E-state index contributed by atoms with van der Waals surface area (Å²) >= 11 is 7.56. The minimum Gasteiger partial charge on any atom is -0.494 e. The van der Waals surface area contributed by atoms with Crippen molar-refractivity contribution in [1.29, 1.82) is 0 Å². The Labute approximate surface area is 159 Å². The standard InChI is InChI=1S/C20H15ClN2O2S/c1-25-16-9-8-15(21)19-18(16)23-20(26-19)22-17(24)11-12-6-7-13-4-2-3-5-14(13)10-12/h2-10H,11H2,1H3,(H,22,23,24). The Bertz CT molecular complexity index is 1120. The summed E-state index contributed by atoms with van der Waals surface area (Å²) in [6, 6.07) is 17.7. The number of halogens is 1. The Morgan fingerprint density at radius 3 is 2.77 bits per heavy atom. The number of aromatic nitrogens is 1. The first-order chi connectivity index (χ1) is 12.6. The summed E-state index contributed by atoms with van der Waals surface area (Å²) in [7, 11) is 1.58. The maximum Gasteiger partial charge on any atom is 0.230 e. The van der Waals surface area contributed by atoms with Crippen LogP contribution in [0, 0.1) is 0 Å². The predicted octanol–water partition coefficient (Wildman–Crippen LogP) is 5.29. The Balaban J connectivity index is 1.55. The zero-order chi connectivity index (χ0) is 18.1. The number of anilines is 1. The van der Waals surface area contributed by atoms with Crippen molar-refractivity contribution >= 4 is 55.0 Å². The fourth-order valence-corrected chi connectivity index (χ4v) is 4.04. The van der Waals surface area contributed by atoms with Crippen molar-refractivity contribution in [2.75, 3.05) is 12.4 Å². The largest absolute Gasteiger partial charge is 0.494 e. The molecule has 1 heterocycles. The Morgan fingerprint density at radius 2 is 1.96 bits per heavy atom. The fraction of sp³-hybridized carbons (Fsp3) is 0.100. The third-order valence-electron chi connectivity index (χ3n) is 4.10. The normalized spacial score (nSPS) is 11.0. The first kappa shape index (κ1) is 16.8. The maximum absolute atomic E-state index is 12.4. The lowest BCUT2D eigenvalue weighted by Crippen LogP contribution is -2.14. The Kier molecular flexibility index (Phi) is 4.49. The van der Waals surface area contributed by atoms with Gasteiger partial charge in [0.05, 0.1) is 23.3 Å². The quantitative estimate of drug-likeness (QED) is 0.521. The molecular weight excluding hydrogens is 368 g/mol. The van der Waals surface area contributed by atoms with E-state index >= 15 is 0 Å². The first-order valence-electron chi connectivity index (χ1n) is 8.04. The lowest BCUT2D eigenvalue weighted by Gasteiger charge is -2.04. The van der Waals surface area contributed by atoms with E-state index < -0.39 is 0 Å². The number of amides is 1. The number of fused-ring (bicyclic) bond motifs is 2. The number of methoxy groups -OCH3 is 1. The van der Waals surface area contributed by atoms with E-state index in [0.717, 1.165) is 21.0 Å². The van der Waals surface area contributed by atoms with E-state index in [9.17, 15) is 4.79 Å². The van der Waals surface area contributed by atoms with Crippen LogP contribution in [-0.4, -0.2) is 18.0 Å². The number of benzene rings is 3. The van der Waals surface area contributed by atoms with Crippen LogP contribution in [0.4, 0.5) is 5.13 Å². The molecule has 6 heteroatoms. The monoisotopic (exact) mass is 382 g/mol. The predicted molar refractivity (Wildman–Crippen MR) is 107 cm³/mol. The van der Waals surface area contributed by atoms with Crippen molar-refractivity contribution in [3.63, 3.8) is 0 Å². The summed E-state index contributed by atoms with van der Waals surface area (Å²) in [4.78, 5) is 16.9. The molecule has 0 aliphatic carbocycles. The number of nitrogens with one attached hydrogen (secondary N) is 1. The lowest BCUT2D eigenvalue weighted by molar-refractivity contribution is -0.115. The second-order valence-electron chi connectivity index (χ2n) is 5.85. The van der Waals surface area contributed by atoms with Crippen molar-refractivity contribution in [3.8, 4) is 5.75 Å². The summed E-state index contributed by atoms with van der Waals surface area (Å²) in [5.74, 6) is 0.519. The molecule has 4 rings (SSSR count). The molecule has 0 saturated carbocycles. The minimum absolute atomic E-state index is 0.116. The number of rotatable bonds is 4. The number of hydrogen-bond donors (Lipinski definition) is 1. The average molecular weight is 383 g/mol. The molecule has 1 N–H and O–H groups in total. The van der Waals surface area contributed by atoms with Gasteiger partial charge in [0.25, 0.3) is 0 Å². The molecule has 0 unspecified atom stereocenters. The number of carbonyl (C=O) groups excluding carboxylic acids is 1. The first-order valence-corrected chi connectivity index (χ1v) is 9.24. The van der Waals surface area contributed by atoms with Crippen LogP contribution in [0.2, 0.25) is 5.02 Å². The molecule has 4 nitrogen and oxygen atoms in total. The fourth-order valence-electron chi connectivity index (χ4n) is 2.87. The molecule has 0 saturated heterocycles. The molecule has 1 aromatic heterocycles. The van der Waals surface area contributed by atoms with Crippen LogP contribution in [0.3, 0.4) is 0 Å². The number of thiazole rings is 1. The van der Waals surface area contributed by atoms with Gasteiger partial charge in [0, 0.05) is 0 Å². The molecule has 3 aromatic carbocycles. The molecule has 26 heavy (non-hydrogen) atoms. The third-order valence-corrected chi connectivity index (χ3v) is 5.53. The zero-order valence-electron chi connectivity index (χ0n) is 14.0.